The third kappa shape index (κ3) is 4.58. The van der Waals surface area contributed by atoms with Crippen LogP contribution >= 0.6 is 27.5 Å². The fourth-order valence-corrected chi connectivity index (χ4v) is 2.59. The van der Waals surface area contributed by atoms with Gasteiger partial charge in [-0.1, -0.05) is 39.7 Å². The Bertz CT molecular complexity index is 718. The van der Waals surface area contributed by atoms with Crippen LogP contribution in [-0.2, 0) is 11.2 Å². The van der Waals surface area contributed by atoms with Gasteiger partial charge in [-0.25, -0.2) is 4.79 Å². The van der Waals surface area contributed by atoms with Gasteiger partial charge in [0.1, 0.15) is 0 Å². The summed E-state index contributed by atoms with van der Waals surface area (Å²) in [4.78, 5) is 23.1. The van der Waals surface area contributed by atoms with Gasteiger partial charge in [-0.05, 0) is 42.3 Å². The Balaban J connectivity index is 2.03. The molecule has 1 amide bonds. The topological polar surface area (TPSA) is 66.4 Å². The van der Waals surface area contributed by atoms with E-state index < -0.39 is 5.97 Å². The van der Waals surface area contributed by atoms with Crippen LogP contribution in [0.15, 0.2) is 46.9 Å². The maximum atomic E-state index is 12.0. The summed E-state index contributed by atoms with van der Waals surface area (Å²) in [6.45, 7) is 0. The number of aromatic carboxylic acids is 1. The number of rotatable bonds is 5. The number of anilines is 1. The minimum atomic E-state index is -1.11. The van der Waals surface area contributed by atoms with E-state index in [9.17, 15) is 9.59 Å². The molecular formula is C16H13BrClNO3. The van der Waals surface area contributed by atoms with Crippen molar-refractivity contribution in [2.75, 3.05) is 5.32 Å². The first-order valence-corrected chi connectivity index (χ1v) is 7.70. The van der Waals surface area contributed by atoms with Gasteiger partial charge in [0.2, 0.25) is 5.91 Å². The van der Waals surface area contributed by atoms with Gasteiger partial charge in [-0.15, -0.1) is 0 Å². The minimum absolute atomic E-state index is 0.0141. The summed E-state index contributed by atoms with van der Waals surface area (Å²) in [7, 11) is 0. The standard InChI is InChI=1S/C16H13BrClNO3/c17-11-3-1-2-10(8-11)4-7-15(20)19-14-9-12(18)5-6-13(14)16(21)22/h1-3,5-6,8-9H,4,7H2,(H,19,20)(H,21,22). The van der Waals surface area contributed by atoms with E-state index in [-0.39, 0.29) is 23.6 Å². The Morgan fingerprint density at radius 3 is 2.64 bits per heavy atom. The van der Waals surface area contributed by atoms with E-state index in [0.29, 0.717) is 11.4 Å². The molecule has 2 aromatic carbocycles. The van der Waals surface area contributed by atoms with Crippen molar-refractivity contribution >= 4 is 45.1 Å². The lowest BCUT2D eigenvalue weighted by atomic mass is 10.1. The molecule has 0 aromatic heterocycles. The average molecular weight is 383 g/mol. The zero-order valence-corrected chi connectivity index (χ0v) is 13.8. The zero-order valence-electron chi connectivity index (χ0n) is 11.5. The number of nitrogens with one attached hydrogen (secondary N) is 1. The van der Waals surface area contributed by atoms with Gasteiger partial charge in [-0.3, -0.25) is 4.79 Å². The summed E-state index contributed by atoms with van der Waals surface area (Å²) < 4.78 is 0.952. The van der Waals surface area contributed by atoms with Gasteiger partial charge in [0.05, 0.1) is 11.3 Å². The number of aryl methyl sites for hydroxylation is 1. The second-order valence-electron chi connectivity index (χ2n) is 4.67. The maximum Gasteiger partial charge on any atom is 0.337 e. The van der Waals surface area contributed by atoms with Crippen LogP contribution in [0.4, 0.5) is 5.69 Å². The lowest BCUT2D eigenvalue weighted by molar-refractivity contribution is -0.116. The third-order valence-corrected chi connectivity index (χ3v) is 3.74. The van der Waals surface area contributed by atoms with Crippen LogP contribution in [0.1, 0.15) is 22.3 Å². The number of hydrogen-bond acceptors (Lipinski definition) is 2. The van der Waals surface area contributed by atoms with E-state index in [1.807, 2.05) is 24.3 Å². The summed E-state index contributed by atoms with van der Waals surface area (Å²) in [5.41, 5.74) is 1.24. The van der Waals surface area contributed by atoms with Crippen molar-refractivity contribution in [3.8, 4) is 0 Å². The monoisotopic (exact) mass is 381 g/mol. The molecule has 4 nitrogen and oxygen atoms in total. The Hall–Kier alpha value is -1.85. The molecule has 0 radical (unpaired) electrons. The van der Waals surface area contributed by atoms with Crippen LogP contribution < -0.4 is 5.32 Å². The fraction of sp³-hybridized carbons (Fsp3) is 0.125. The van der Waals surface area contributed by atoms with E-state index in [2.05, 4.69) is 21.2 Å². The highest BCUT2D eigenvalue weighted by atomic mass is 79.9. The molecule has 0 saturated carbocycles. The smallest absolute Gasteiger partial charge is 0.337 e. The number of hydrogen-bond donors (Lipinski definition) is 2. The van der Waals surface area contributed by atoms with Gasteiger partial charge in [-0.2, -0.15) is 0 Å². The Morgan fingerprint density at radius 1 is 1.18 bits per heavy atom. The molecule has 2 rings (SSSR count). The van der Waals surface area contributed by atoms with Crippen LogP contribution in [0.2, 0.25) is 5.02 Å². The minimum Gasteiger partial charge on any atom is -0.478 e. The predicted octanol–water partition coefficient (Wildman–Crippen LogP) is 4.37. The highest BCUT2D eigenvalue weighted by Gasteiger charge is 2.13. The summed E-state index contributed by atoms with van der Waals surface area (Å²) in [6, 6.07) is 12.0. The largest absolute Gasteiger partial charge is 0.478 e. The molecule has 0 aliphatic rings. The second-order valence-corrected chi connectivity index (χ2v) is 6.03. The number of halogens is 2. The molecule has 0 unspecified atom stereocenters. The van der Waals surface area contributed by atoms with Crippen molar-refractivity contribution in [2.24, 2.45) is 0 Å². The van der Waals surface area contributed by atoms with Crippen LogP contribution in [-0.4, -0.2) is 17.0 Å². The third-order valence-electron chi connectivity index (χ3n) is 3.02. The average Bonchev–Trinajstić information content (AvgIpc) is 2.45. The number of carboxylic acids is 1. The zero-order chi connectivity index (χ0) is 16.1. The molecule has 6 heteroatoms. The van der Waals surface area contributed by atoms with Gasteiger partial charge < -0.3 is 10.4 Å². The molecule has 0 saturated heterocycles. The molecule has 114 valence electrons. The molecule has 22 heavy (non-hydrogen) atoms. The molecule has 0 aliphatic heterocycles. The second kappa shape index (κ2) is 7.42. The van der Waals surface area contributed by atoms with E-state index in [1.54, 1.807) is 0 Å². The van der Waals surface area contributed by atoms with Crippen molar-refractivity contribution in [3.05, 3.63) is 63.1 Å². The van der Waals surface area contributed by atoms with E-state index in [1.165, 1.54) is 18.2 Å². The van der Waals surface area contributed by atoms with Crippen molar-refractivity contribution in [2.45, 2.75) is 12.8 Å². The molecule has 0 heterocycles. The number of carbonyl (C=O) groups excluding carboxylic acids is 1. The van der Waals surface area contributed by atoms with Crippen LogP contribution in [0, 0.1) is 0 Å². The van der Waals surface area contributed by atoms with Gasteiger partial charge in [0.25, 0.3) is 0 Å². The highest BCUT2D eigenvalue weighted by Crippen LogP contribution is 2.21. The number of benzene rings is 2. The molecule has 2 N–H and O–H groups in total. The first-order valence-electron chi connectivity index (χ1n) is 6.53. The molecular weight excluding hydrogens is 370 g/mol. The summed E-state index contributed by atoms with van der Waals surface area (Å²) in [6.07, 6.45) is 0.816. The first kappa shape index (κ1) is 16.5. The Kier molecular flexibility index (Phi) is 5.57. The molecule has 0 bridgehead atoms. The first-order chi connectivity index (χ1) is 10.5. The van der Waals surface area contributed by atoms with Crippen LogP contribution in [0.5, 0.6) is 0 Å². The van der Waals surface area contributed by atoms with Crippen LogP contribution in [0.3, 0.4) is 0 Å². The van der Waals surface area contributed by atoms with E-state index >= 15 is 0 Å². The summed E-state index contributed by atoms with van der Waals surface area (Å²) in [5, 5.41) is 12.1. The lowest BCUT2D eigenvalue weighted by Gasteiger charge is -2.09. The molecule has 0 spiro atoms. The number of carboxylic acid groups (broad SMARTS) is 1. The Labute approximate surface area is 141 Å². The predicted molar refractivity (Wildman–Crippen MR) is 89.5 cm³/mol. The highest BCUT2D eigenvalue weighted by molar-refractivity contribution is 9.10. The quantitative estimate of drug-likeness (QED) is 0.807. The van der Waals surface area contributed by atoms with Crippen molar-refractivity contribution in [3.63, 3.8) is 0 Å². The van der Waals surface area contributed by atoms with Crippen molar-refractivity contribution < 1.29 is 14.7 Å². The van der Waals surface area contributed by atoms with Gasteiger partial charge >= 0.3 is 5.97 Å². The number of amides is 1. The van der Waals surface area contributed by atoms with Crippen LogP contribution in [0.25, 0.3) is 0 Å². The molecule has 0 fully saturated rings. The summed E-state index contributed by atoms with van der Waals surface area (Å²) >= 11 is 9.22. The van der Waals surface area contributed by atoms with E-state index in [0.717, 1.165) is 10.0 Å². The fourth-order valence-electron chi connectivity index (χ4n) is 1.97. The lowest BCUT2D eigenvalue weighted by Crippen LogP contribution is -2.15. The Morgan fingerprint density at radius 2 is 1.95 bits per heavy atom. The molecule has 0 atom stereocenters. The van der Waals surface area contributed by atoms with E-state index in [4.69, 9.17) is 16.7 Å². The summed E-state index contributed by atoms with van der Waals surface area (Å²) in [5.74, 6) is -1.37. The van der Waals surface area contributed by atoms with Gasteiger partial charge in [0.15, 0.2) is 0 Å². The normalized spacial score (nSPS) is 10.3. The number of carbonyl (C=O) groups is 2. The van der Waals surface area contributed by atoms with Crippen molar-refractivity contribution in [1.29, 1.82) is 0 Å². The van der Waals surface area contributed by atoms with Gasteiger partial charge in [0, 0.05) is 15.9 Å². The van der Waals surface area contributed by atoms with Crippen molar-refractivity contribution in [1.82, 2.24) is 0 Å². The maximum absolute atomic E-state index is 12.0. The SMILES string of the molecule is O=C(CCc1cccc(Br)c1)Nc1cc(Cl)ccc1C(=O)O. The molecule has 2 aromatic rings. The molecule has 0 aliphatic carbocycles.